The maximum Gasteiger partial charge on any atom is 0.226 e. The zero-order chi connectivity index (χ0) is 20.1. The summed E-state index contributed by atoms with van der Waals surface area (Å²) in [7, 11) is -3.04. The van der Waals surface area contributed by atoms with Crippen molar-refractivity contribution in [1.82, 2.24) is 4.90 Å². The van der Waals surface area contributed by atoms with E-state index < -0.39 is 9.84 Å². The van der Waals surface area contributed by atoms with E-state index in [0.717, 1.165) is 25.9 Å². The van der Waals surface area contributed by atoms with Crippen LogP contribution in [0.5, 0.6) is 0 Å². The number of rotatable bonds is 2. The Kier molecular flexibility index (Phi) is 4.80. The maximum atomic E-state index is 12.8. The van der Waals surface area contributed by atoms with Crippen LogP contribution in [0.1, 0.15) is 29.7 Å². The lowest BCUT2D eigenvalue weighted by atomic mass is 9.82. The predicted molar refractivity (Wildman–Crippen MR) is 114 cm³/mol. The molecular weight excluding hydrogens is 406 g/mol. The monoisotopic (exact) mass is 431 g/mol. The highest BCUT2D eigenvalue weighted by Crippen LogP contribution is 2.46. The van der Waals surface area contributed by atoms with Gasteiger partial charge in [0.15, 0.2) is 9.84 Å². The van der Waals surface area contributed by atoms with Crippen LogP contribution >= 0.6 is 11.3 Å². The molecule has 0 radical (unpaired) electrons. The minimum absolute atomic E-state index is 0.00671. The molecule has 1 amide bonds. The van der Waals surface area contributed by atoms with E-state index in [1.54, 1.807) is 0 Å². The van der Waals surface area contributed by atoms with Crippen LogP contribution in [0, 0.1) is 5.92 Å². The molecule has 29 heavy (non-hydrogen) atoms. The summed E-state index contributed by atoms with van der Waals surface area (Å²) in [4.78, 5) is 17.3. The summed E-state index contributed by atoms with van der Waals surface area (Å²) in [6.07, 6.45) is 2.96. The first kappa shape index (κ1) is 19.3. The van der Waals surface area contributed by atoms with Crippen LogP contribution in [-0.2, 0) is 31.4 Å². The Hall–Kier alpha value is -1.70. The molecule has 2 fully saturated rings. The van der Waals surface area contributed by atoms with E-state index in [0.29, 0.717) is 19.5 Å². The van der Waals surface area contributed by atoms with E-state index in [-0.39, 0.29) is 28.9 Å². The van der Waals surface area contributed by atoms with E-state index in [9.17, 15) is 13.2 Å². The molecule has 1 atom stereocenters. The third-order valence-electron chi connectivity index (χ3n) is 6.53. The third kappa shape index (κ3) is 3.53. The van der Waals surface area contributed by atoms with Crippen LogP contribution in [0.25, 0.3) is 10.4 Å². The zero-order valence-corrected chi connectivity index (χ0v) is 17.9. The molecule has 0 saturated carbocycles. The van der Waals surface area contributed by atoms with Gasteiger partial charge < -0.3 is 9.64 Å². The highest BCUT2D eigenvalue weighted by molar-refractivity contribution is 7.91. The van der Waals surface area contributed by atoms with Gasteiger partial charge in [-0.1, -0.05) is 30.3 Å². The van der Waals surface area contributed by atoms with E-state index in [2.05, 4.69) is 30.3 Å². The van der Waals surface area contributed by atoms with E-state index in [1.165, 1.54) is 20.9 Å². The molecule has 1 spiro atoms. The van der Waals surface area contributed by atoms with Gasteiger partial charge in [-0.3, -0.25) is 4.79 Å². The fraction of sp³-hybridized carbons (Fsp3) is 0.500. The second-order valence-electron chi connectivity index (χ2n) is 8.33. The lowest BCUT2D eigenvalue weighted by Gasteiger charge is -2.44. The number of piperidine rings is 1. The fourth-order valence-corrected chi connectivity index (χ4v) is 7.88. The first-order valence-electron chi connectivity index (χ1n) is 10.3. The number of benzene rings is 1. The molecule has 1 unspecified atom stereocenters. The molecule has 3 aliphatic heterocycles. The van der Waals surface area contributed by atoms with Gasteiger partial charge in [-0.15, -0.1) is 11.3 Å². The first-order valence-corrected chi connectivity index (χ1v) is 12.9. The molecule has 1 aromatic carbocycles. The summed E-state index contributed by atoms with van der Waals surface area (Å²) in [5.41, 5.74) is 2.22. The minimum Gasteiger partial charge on any atom is -0.370 e. The Bertz CT molecular complexity index is 1020. The number of sulfone groups is 1. The molecule has 5 rings (SSSR count). The van der Waals surface area contributed by atoms with Crippen molar-refractivity contribution in [3.8, 4) is 10.4 Å². The maximum absolute atomic E-state index is 12.8. The lowest BCUT2D eigenvalue weighted by molar-refractivity contribution is -0.143. The molecule has 0 N–H and O–H groups in total. The first-order chi connectivity index (χ1) is 14.0. The number of amides is 1. The number of likely N-dealkylation sites (tertiary alicyclic amines) is 1. The van der Waals surface area contributed by atoms with Crippen LogP contribution in [0.2, 0.25) is 0 Å². The van der Waals surface area contributed by atoms with Crippen molar-refractivity contribution in [2.45, 2.75) is 31.3 Å². The van der Waals surface area contributed by atoms with E-state index in [1.807, 2.05) is 22.3 Å². The van der Waals surface area contributed by atoms with Gasteiger partial charge in [0.05, 0.1) is 29.6 Å². The molecule has 2 aromatic rings. The van der Waals surface area contributed by atoms with Gasteiger partial charge >= 0.3 is 0 Å². The number of hydrogen-bond donors (Lipinski definition) is 0. The van der Waals surface area contributed by atoms with Crippen LogP contribution < -0.4 is 0 Å². The number of carbonyl (C=O) groups excluding carboxylic acids is 1. The van der Waals surface area contributed by atoms with Crippen molar-refractivity contribution in [1.29, 1.82) is 0 Å². The van der Waals surface area contributed by atoms with Crippen molar-refractivity contribution in [2.24, 2.45) is 5.92 Å². The van der Waals surface area contributed by atoms with Gasteiger partial charge in [0.1, 0.15) is 0 Å². The number of hydrogen-bond acceptors (Lipinski definition) is 5. The fourth-order valence-electron chi connectivity index (χ4n) is 4.91. The number of nitrogens with zero attached hydrogens (tertiary/aromatic N) is 1. The molecule has 1 aromatic heterocycles. The lowest BCUT2D eigenvalue weighted by Crippen LogP contribution is -2.49. The van der Waals surface area contributed by atoms with Gasteiger partial charge in [-0.25, -0.2) is 8.42 Å². The van der Waals surface area contributed by atoms with Gasteiger partial charge in [0, 0.05) is 29.3 Å². The number of ether oxygens (including phenoxy) is 1. The Labute approximate surface area is 175 Å². The smallest absolute Gasteiger partial charge is 0.226 e. The molecule has 4 heterocycles. The Morgan fingerprint density at radius 1 is 1.17 bits per heavy atom. The van der Waals surface area contributed by atoms with Crippen LogP contribution in [0.4, 0.5) is 0 Å². The average molecular weight is 432 g/mol. The Balaban J connectivity index is 1.34. The van der Waals surface area contributed by atoms with Crippen LogP contribution in [0.15, 0.2) is 36.4 Å². The average Bonchev–Trinajstić information content (AvgIpc) is 3.33. The summed E-state index contributed by atoms with van der Waals surface area (Å²) < 4.78 is 29.8. The summed E-state index contributed by atoms with van der Waals surface area (Å²) in [5.74, 6) is -0.195. The molecule has 0 aliphatic carbocycles. The van der Waals surface area contributed by atoms with Gasteiger partial charge in [0.25, 0.3) is 0 Å². The number of fused-ring (bicyclic) bond motifs is 2. The molecule has 0 bridgehead atoms. The summed E-state index contributed by atoms with van der Waals surface area (Å²) in [6.45, 7) is 1.98. The molecule has 5 nitrogen and oxygen atoms in total. The van der Waals surface area contributed by atoms with Crippen molar-refractivity contribution < 1.29 is 17.9 Å². The number of thiophene rings is 1. The topological polar surface area (TPSA) is 63.7 Å². The highest BCUT2D eigenvalue weighted by atomic mass is 32.2. The quantitative estimate of drug-likeness (QED) is 0.732. The molecule has 154 valence electrons. The second-order valence-corrected chi connectivity index (χ2v) is 11.7. The largest absolute Gasteiger partial charge is 0.370 e. The van der Waals surface area contributed by atoms with Gasteiger partial charge in [-0.05, 0) is 36.5 Å². The zero-order valence-electron chi connectivity index (χ0n) is 16.3. The SMILES string of the molecule is O=C(C1CCS(=O)(=O)C1)N1CCC2(CC1)OCCc1sc(-c3ccccc3)cc12. The van der Waals surface area contributed by atoms with Crippen molar-refractivity contribution in [2.75, 3.05) is 31.2 Å². The standard InChI is InChI=1S/C22H25NO4S2/c24-21(17-7-13-29(25,26)15-17)23-10-8-22(9-11-23)18-14-20(16-4-2-1-3-5-16)28-19(18)6-12-27-22/h1-5,14,17H,6-13,15H2. The third-order valence-corrected chi connectivity index (χ3v) is 9.54. The summed E-state index contributed by atoms with van der Waals surface area (Å²) >= 11 is 1.86. The van der Waals surface area contributed by atoms with E-state index in [4.69, 9.17) is 4.74 Å². The van der Waals surface area contributed by atoms with Gasteiger partial charge in [-0.2, -0.15) is 0 Å². The van der Waals surface area contributed by atoms with Crippen LogP contribution in [0.3, 0.4) is 0 Å². The molecule has 2 saturated heterocycles. The Morgan fingerprint density at radius 2 is 1.93 bits per heavy atom. The number of carbonyl (C=O) groups is 1. The summed E-state index contributed by atoms with van der Waals surface area (Å²) in [6, 6.07) is 12.7. The molecule has 3 aliphatic rings. The molecular formula is C22H25NO4S2. The highest BCUT2D eigenvalue weighted by Gasteiger charge is 2.44. The predicted octanol–water partition coefficient (Wildman–Crippen LogP) is 3.24. The summed E-state index contributed by atoms with van der Waals surface area (Å²) in [5, 5.41) is 0. The van der Waals surface area contributed by atoms with Crippen molar-refractivity contribution in [3.05, 3.63) is 46.8 Å². The second kappa shape index (κ2) is 7.22. The minimum atomic E-state index is -3.04. The van der Waals surface area contributed by atoms with E-state index >= 15 is 0 Å². The van der Waals surface area contributed by atoms with Crippen LogP contribution in [-0.4, -0.2) is 50.4 Å². The van der Waals surface area contributed by atoms with Gasteiger partial charge in [0.2, 0.25) is 5.91 Å². The van der Waals surface area contributed by atoms with Crippen molar-refractivity contribution >= 4 is 27.1 Å². The molecule has 7 heteroatoms. The Morgan fingerprint density at radius 3 is 2.62 bits per heavy atom. The normalized spacial score (nSPS) is 25.1. The van der Waals surface area contributed by atoms with Crippen molar-refractivity contribution in [3.63, 3.8) is 0 Å².